The van der Waals surface area contributed by atoms with Crippen LogP contribution >= 0.6 is 11.6 Å². The number of nitrogens with zero attached hydrogens (tertiary/aromatic N) is 1. The maximum atomic E-state index is 10.4. The van der Waals surface area contributed by atoms with Gasteiger partial charge in [-0.3, -0.25) is 0 Å². The number of aliphatic hydroxyl groups excluding tert-OH is 1. The monoisotopic (exact) mass is 299 g/mol. The zero-order chi connectivity index (χ0) is 15.0. The quantitative estimate of drug-likeness (QED) is 0.751. The third-order valence-corrected chi connectivity index (χ3v) is 3.58. The maximum Gasteiger partial charge on any atom is 0.124 e. The molecule has 1 rings (SSSR count). The van der Waals surface area contributed by atoms with Gasteiger partial charge in [-0.1, -0.05) is 25.4 Å². The Kier molecular flexibility index (Phi) is 7.97. The second kappa shape index (κ2) is 9.22. The minimum Gasteiger partial charge on any atom is -0.496 e. The van der Waals surface area contributed by atoms with Crippen LogP contribution in [0.2, 0.25) is 5.02 Å². The molecule has 1 atom stereocenters. The molecule has 0 fully saturated rings. The average Bonchev–Trinajstić information content (AvgIpc) is 2.45. The molecule has 0 aliphatic rings. The van der Waals surface area contributed by atoms with Crippen LogP contribution in [0.3, 0.4) is 0 Å². The van der Waals surface area contributed by atoms with Crippen molar-refractivity contribution in [3.8, 4) is 5.75 Å². The predicted molar refractivity (Wildman–Crippen MR) is 84.6 cm³/mol. The minimum atomic E-state index is -0.542. The highest BCUT2D eigenvalue weighted by Crippen LogP contribution is 2.30. The van der Waals surface area contributed by atoms with Crippen LogP contribution in [-0.4, -0.2) is 36.8 Å². The predicted octanol–water partition coefficient (Wildman–Crippen LogP) is 3.89. The van der Waals surface area contributed by atoms with Gasteiger partial charge in [-0.15, -0.1) is 0 Å². The molecule has 4 heteroatoms. The molecule has 1 N–H and O–H groups in total. The molecule has 114 valence electrons. The van der Waals surface area contributed by atoms with Crippen LogP contribution in [-0.2, 0) is 0 Å². The van der Waals surface area contributed by atoms with Crippen LogP contribution in [0.1, 0.15) is 44.8 Å². The van der Waals surface area contributed by atoms with Gasteiger partial charge in [-0.2, -0.15) is 0 Å². The third kappa shape index (κ3) is 5.31. The number of rotatable bonds is 9. The molecule has 0 heterocycles. The summed E-state index contributed by atoms with van der Waals surface area (Å²) in [5, 5.41) is 11.0. The van der Waals surface area contributed by atoms with Crippen molar-refractivity contribution < 1.29 is 9.84 Å². The summed E-state index contributed by atoms with van der Waals surface area (Å²) in [5.74, 6) is 0.694. The molecule has 3 nitrogen and oxygen atoms in total. The van der Waals surface area contributed by atoms with E-state index < -0.39 is 6.10 Å². The second-order valence-electron chi connectivity index (χ2n) is 5.03. The maximum absolute atomic E-state index is 10.4. The van der Waals surface area contributed by atoms with Crippen molar-refractivity contribution in [3.05, 3.63) is 28.8 Å². The van der Waals surface area contributed by atoms with Gasteiger partial charge in [-0.05, 0) is 50.6 Å². The van der Waals surface area contributed by atoms with Gasteiger partial charge in [-0.25, -0.2) is 0 Å². The van der Waals surface area contributed by atoms with E-state index in [1.165, 1.54) is 0 Å². The lowest BCUT2D eigenvalue weighted by Crippen LogP contribution is -2.27. The van der Waals surface area contributed by atoms with E-state index in [-0.39, 0.29) is 0 Å². The number of methoxy groups -OCH3 is 1. The highest BCUT2D eigenvalue weighted by atomic mass is 35.5. The molecule has 1 unspecified atom stereocenters. The van der Waals surface area contributed by atoms with Crippen molar-refractivity contribution in [1.29, 1.82) is 0 Å². The van der Waals surface area contributed by atoms with E-state index in [4.69, 9.17) is 16.3 Å². The van der Waals surface area contributed by atoms with Gasteiger partial charge in [0.15, 0.2) is 0 Å². The zero-order valence-electron chi connectivity index (χ0n) is 12.7. The van der Waals surface area contributed by atoms with Gasteiger partial charge in [0.1, 0.15) is 5.75 Å². The summed E-state index contributed by atoms with van der Waals surface area (Å²) >= 11 is 6.00. The summed E-state index contributed by atoms with van der Waals surface area (Å²) in [6.45, 7) is 7.40. The Hall–Kier alpha value is -0.770. The molecule has 0 radical (unpaired) electrons. The zero-order valence-corrected chi connectivity index (χ0v) is 13.5. The number of hydrogen-bond acceptors (Lipinski definition) is 3. The second-order valence-corrected chi connectivity index (χ2v) is 5.47. The number of aliphatic hydroxyl groups is 1. The van der Waals surface area contributed by atoms with E-state index >= 15 is 0 Å². The molecule has 0 saturated heterocycles. The summed E-state index contributed by atoms with van der Waals surface area (Å²) in [6.07, 6.45) is 2.42. The lowest BCUT2D eigenvalue weighted by Gasteiger charge is -2.23. The molecule has 20 heavy (non-hydrogen) atoms. The SMILES string of the molecule is CCCN(CCC)CCC(O)c1cc(Cl)ccc1OC. The number of halogens is 1. The number of ether oxygens (including phenoxy) is 1. The Labute approximate surface area is 127 Å². The van der Waals surface area contributed by atoms with Crippen LogP contribution in [0.5, 0.6) is 5.75 Å². The first-order valence-electron chi connectivity index (χ1n) is 7.36. The molecule has 0 spiro atoms. The summed E-state index contributed by atoms with van der Waals surface area (Å²) in [7, 11) is 1.61. The van der Waals surface area contributed by atoms with E-state index in [1.807, 2.05) is 0 Å². The van der Waals surface area contributed by atoms with Gasteiger partial charge in [0.25, 0.3) is 0 Å². The van der Waals surface area contributed by atoms with E-state index in [2.05, 4.69) is 18.7 Å². The Bertz CT molecular complexity index is 392. The van der Waals surface area contributed by atoms with Crippen LogP contribution < -0.4 is 4.74 Å². The van der Waals surface area contributed by atoms with Gasteiger partial charge in [0.2, 0.25) is 0 Å². The van der Waals surface area contributed by atoms with E-state index in [9.17, 15) is 5.11 Å². The fraction of sp³-hybridized carbons (Fsp3) is 0.625. The third-order valence-electron chi connectivity index (χ3n) is 3.35. The Balaban J connectivity index is 2.65. The van der Waals surface area contributed by atoms with Crippen LogP contribution in [0.15, 0.2) is 18.2 Å². The van der Waals surface area contributed by atoms with Crippen molar-refractivity contribution in [2.75, 3.05) is 26.7 Å². The van der Waals surface area contributed by atoms with Crippen molar-refractivity contribution in [2.24, 2.45) is 0 Å². The van der Waals surface area contributed by atoms with Crippen molar-refractivity contribution in [2.45, 2.75) is 39.2 Å². The van der Waals surface area contributed by atoms with Crippen LogP contribution in [0, 0.1) is 0 Å². The first-order valence-corrected chi connectivity index (χ1v) is 7.74. The summed E-state index contributed by atoms with van der Waals surface area (Å²) in [6, 6.07) is 5.36. The van der Waals surface area contributed by atoms with Crippen LogP contribution in [0.25, 0.3) is 0 Å². The molecule has 0 aromatic heterocycles. The standard InChI is InChI=1S/C16H26ClNO2/c1-4-9-18(10-5-2)11-8-15(19)14-12-13(17)6-7-16(14)20-3/h6-7,12,15,19H,4-5,8-11H2,1-3H3. The van der Waals surface area contributed by atoms with Crippen LogP contribution in [0.4, 0.5) is 0 Å². The van der Waals surface area contributed by atoms with Crippen molar-refractivity contribution in [3.63, 3.8) is 0 Å². The van der Waals surface area contributed by atoms with E-state index in [1.54, 1.807) is 25.3 Å². The van der Waals surface area contributed by atoms with Gasteiger partial charge >= 0.3 is 0 Å². The number of benzene rings is 1. The molecule has 0 bridgehead atoms. The molecule has 0 amide bonds. The van der Waals surface area contributed by atoms with E-state index in [0.717, 1.165) is 38.0 Å². The number of hydrogen-bond donors (Lipinski definition) is 1. The average molecular weight is 300 g/mol. The minimum absolute atomic E-state index is 0.542. The first kappa shape index (κ1) is 17.3. The van der Waals surface area contributed by atoms with Gasteiger partial charge in [0, 0.05) is 17.1 Å². The topological polar surface area (TPSA) is 32.7 Å². The molecule has 1 aromatic rings. The van der Waals surface area contributed by atoms with E-state index in [0.29, 0.717) is 17.2 Å². The smallest absolute Gasteiger partial charge is 0.124 e. The molecule has 1 aromatic carbocycles. The molecular weight excluding hydrogens is 274 g/mol. The first-order chi connectivity index (χ1) is 9.62. The summed E-state index contributed by atoms with van der Waals surface area (Å²) < 4.78 is 5.29. The molecular formula is C16H26ClNO2. The Morgan fingerprint density at radius 1 is 1.20 bits per heavy atom. The lowest BCUT2D eigenvalue weighted by atomic mass is 10.0. The van der Waals surface area contributed by atoms with Crippen molar-refractivity contribution >= 4 is 11.6 Å². The Morgan fingerprint density at radius 3 is 2.40 bits per heavy atom. The molecule has 0 aliphatic carbocycles. The highest BCUT2D eigenvalue weighted by molar-refractivity contribution is 6.30. The highest BCUT2D eigenvalue weighted by Gasteiger charge is 2.15. The Morgan fingerprint density at radius 2 is 1.85 bits per heavy atom. The molecule has 0 saturated carbocycles. The summed E-state index contributed by atoms with van der Waals surface area (Å²) in [5.41, 5.74) is 0.771. The largest absolute Gasteiger partial charge is 0.496 e. The normalized spacial score (nSPS) is 12.7. The fourth-order valence-electron chi connectivity index (χ4n) is 2.39. The fourth-order valence-corrected chi connectivity index (χ4v) is 2.57. The van der Waals surface area contributed by atoms with Crippen molar-refractivity contribution in [1.82, 2.24) is 4.90 Å². The molecule has 0 aliphatic heterocycles. The summed E-state index contributed by atoms with van der Waals surface area (Å²) in [4.78, 5) is 2.39. The van der Waals surface area contributed by atoms with Gasteiger partial charge < -0.3 is 14.7 Å². The lowest BCUT2D eigenvalue weighted by molar-refractivity contribution is 0.138. The van der Waals surface area contributed by atoms with Gasteiger partial charge in [0.05, 0.1) is 13.2 Å².